The van der Waals surface area contributed by atoms with Gasteiger partial charge in [0.2, 0.25) is 0 Å². The molecular formula is C14H11Cl2IN2. The van der Waals surface area contributed by atoms with Gasteiger partial charge in [-0.2, -0.15) is 0 Å². The van der Waals surface area contributed by atoms with E-state index in [-0.39, 0.29) is 24.0 Å². The lowest BCUT2D eigenvalue weighted by Gasteiger charge is -2.00. The molecule has 0 atom stereocenters. The van der Waals surface area contributed by atoms with Gasteiger partial charge in [0.15, 0.2) is 0 Å². The predicted octanol–water partition coefficient (Wildman–Crippen LogP) is 5.23. The van der Waals surface area contributed by atoms with E-state index in [1.54, 1.807) is 6.07 Å². The molecule has 2 aromatic heterocycles. The van der Waals surface area contributed by atoms with Crippen molar-refractivity contribution < 1.29 is 0 Å². The van der Waals surface area contributed by atoms with E-state index in [0.717, 1.165) is 22.6 Å². The Balaban J connectivity index is 0.00000133. The van der Waals surface area contributed by atoms with Crippen LogP contribution in [0, 0.1) is 6.92 Å². The third kappa shape index (κ3) is 2.73. The second-order valence-corrected chi connectivity index (χ2v) is 4.99. The molecule has 2 nitrogen and oxygen atoms in total. The minimum Gasteiger partial charge on any atom is -0.304 e. The topological polar surface area (TPSA) is 17.3 Å². The molecule has 0 spiro atoms. The molecule has 2 heterocycles. The summed E-state index contributed by atoms with van der Waals surface area (Å²) >= 11 is 12.1. The zero-order chi connectivity index (χ0) is 12.7. The summed E-state index contributed by atoms with van der Waals surface area (Å²) in [6.45, 7) is 2.04. The Hall–Kier alpha value is -0.780. The number of aromatic nitrogens is 2. The lowest BCUT2D eigenvalue weighted by molar-refractivity contribution is 1.09. The van der Waals surface area contributed by atoms with Crippen LogP contribution in [0.3, 0.4) is 0 Å². The summed E-state index contributed by atoms with van der Waals surface area (Å²) in [5.41, 5.74) is 3.79. The summed E-state index contributed by atoms with van der Waals surface area (Å²) in [7, 11) is 0. The van der Waals surface area contributed by atoms with E-state index in [1.807, 2.05) is 47.9 Å². The number of benzene rings is 1. The molecule has 0 aliphatic carbocycles. The average Bonchev–Trinajstić information content (AvgIpc) is 2.74. The van der Waals surface area contributed by atoms with Crippen LogP contribution in [-0.4, -0.2) is 9.38 Å². The number of aryl methyl sites for hydroxylation is 1. The van der Waals surface area contributed by atoms with Crippen LogP contribution >= 0.6 is 47.2 Å². The zero-order valence-corrected chi connectivity index (χ0v) is 13.9. The van der Waals surface area contributed by atoms with Crippen LogP contribution in [0.2, 0.25) is 10.0 Å². The number of rotatable bonds is 1. The van der Waals surface area contributed by atoms with Gasteiger partial charge in [0.05, 0.1) is 10.7 Å². The van der Waals surface area contributed by atoms with Gasteiger partial charge >= 0.3 is 0 Å². The molecule has 0 fully saturated rings. The lowest BCUT2D eigenvalue weighted by Crippen LogP contribution is -1.86. The number of fused-ring (bicyclic) bond motifs is 1. The monoisotopic (exact) mass is 404 g/mol. The van der Waals surface area contributed by atoms with Crippen LogP contribution in [-0.2, 0) is 0 Å². The van der Waals surface area contributed by atoms with Gasteiger partial charge in [0.1, 0.15) is 5.65 Å². The smallest absolute Gasteiger partial charge is 0.137 e. The predicted molar refractivity (Wildman–Crippen MR) is 90.8 cm³/mol. The number of hydrogen-bond donors (Lipinski definition) is 0. The van der Waals surface area contributed by atoms with Crippen molar-refractivity contribution in [3.05, 3.63) is 58.3 Å². The molecule has 3 rings (SSSR count). The van der Waals surface area contributed by atoms with Gasteiger partial charge in [0.25, 0.3) is 0 Å². The molecule has 0 unspecified atom stereocenters. The van der Waals surface area contributed by atoms with Crippen LogP contribution in [0.25, 0.3) is 16.9 Å². The maximum atomic E-state index is 6.20. The molecule has 1 aromatic carbocycles. The van der Waals surface area contributed by atoms with Gasteiger partial charge < -0.3 is 4.40 Å². The molecule has 19 heavy (non-hydrogen) atoms. The minimum absolute atomic E-state index is 0. The number of nitrogens with zero attached hydrogens (tertiary/aromatic N) is 2. The summed E-state index contributed by atoms with van der Waals surface area (Å²) in [5.74, 6) is 0. The molecule has 0 N–H and O–H groups in total. The first kappa shape index (κ1) is 14.6. The number of imidazole rings is 1. The van der Waals surface area contributed by atoms with Crippen LogP contribution in [0.5, 0.6) is 0 Å². The van der Waals surface area contributed by atoms with E-state index in [1.165, 1.54) is 0 Å². The molecule has 5 heteroatoms. The van der Waals surface area contributed by atoms with E-state index < -0.39 is 0 Å². The minimum atomic E-state index is 0. The Morgan fingerprint density at radius 3 is 2.58 bits per heavy atom. The maximum Gasteiger partial charge on any atom is 0.137 e. The Morgan fingerprint density at radius 1 is 1.11 bits per heavy atom. The lowest BCUT2D eigenvalue weighted by atomic mass is 10.2. The van der Waals surface area contributed by atoms with Gasteiger partial charge in [-0.15, -0.1) is 24.0 Å². The summed E-state index contributed by atoms with van der Waals surface area (Å²) in [5, 5.41) is 1.24. The fourth-order valence-electron chi connectivity index (χ4n) is 1.98. The number of hydrogen-bond acceptors (Lipinski definition) is 1. The van der Waals surface area contributed by atoms with E-state index in [2.05, 4.69) is 4.98 Å². The molecule has 0 amide bonds. The number of pyridine rings is 1. The third-order valence-corrected chi connectivity index (χ3v) is 3.45. The SMILES string of the molecule is Cc1cccc2nc(-c3ccc(Cl)cc3Cl)cn12.I. The molecule has 0 aliphatic rings. The highest BCUT2D eigenvalue weighted by Crippen LogP contribution is 2.30. The van der Waals surface area contributed by atoms with E-state index in [9.17, 15) is 0 Å². The van der Waals surface area contributed by atoms with Crippen molar-refractivity contribution in [2.24, 2.45) is 0 Å². The first-order chi connectivity index (χ1) is 8.65. The molecule has 3 aromatic rings. The van der Waals surface area contributed by atoms with Crippen LogP contribution in [0.4, 0.5) is 0 Å². The van der Waals surface area contributed by atoms with Crippen molar-refractivity contribution in [3.8, 4) is 11.3 Å². The first-order valence-electron chi connectivity index (χ1n) is 5.55. The third-order valence-electron chi connectivity index (χ3n) is 2.90. The summed E-state index contributed by atoms with van der Waals surface area (Å²) in [4.78, 5) is 4.57. The summed E-state index contributed by atoms with van der Waals surface area (Å²) in [6.07, 6.45) is 1.99. The van der Waals surface area contributed by atoms with Crippen molar-refractivity contribution in [3.63, 3.8) is 0 Å². The fourth-order valence-corrected chi connectivity index (χ4v) is 2.48. The van der Waals surface area contributed by atoms with E-state index in [4.69, 9.17) is 23.2 Å². The largest absolute Gasteiger partial charge is 0.304 e. The highest BCUT2D eigenvalue weighted by atomic mass is 127. The second-order valence-electron chi connectivity index (χ2n) is 4.15. The molecule has 0 bridgehead atoms. The summed E-state index contributed by atoms with van der Waals surface area (Å²) in [6, 6.07) is 11.4. The first-order valence-corrected chi connectivity index (χ1v) is 6.31. The zero-order valence-electron chi connectivity index (χ0n) is 10.1. The summed E-state index contributed by atoms with van der Waals surface area (Å²) < 4.78 is 2.04. The second kappa shape index (κ2) is 5.69. The molecule has 0 aliphatic heterocycles. The normalized spacial score (nSPS) is 10.5. The number of halogens is 3. The van der Waals surface area contributed by atoms with Gasteiger partial charge in [0, 0.05) is 22.5 Å². The standard InChI is InChI=1S/C14H10Cl2N2.HI/c1-9-3-2-4-14-17-13(8-18(9)14)11-6-5-10(15)7-12(11)16;/h2-8H,1H3;1H. The molecule has 98 valence electrons. The van der Waals surface area contributed by atoms with Crippen LogP contribution in [0.1, 0.15) is 5.69 Å². The quantitative estimate of drug-likeness (QED) is 0.507. The molecular weight excluding hydrogens is 394 g/mol. The molecule has 0 radical (unpaired) electrons. The van der Waals surface area contributed by atoms with E-state index in [0.29, 0.717) is 10.0 Å². The highest BCUT2D eigenvalue weighted by Gasteiger charge is 2.09. The Kier molecular flexibility index (Phi) is 4.38. The fraction of sp³-hybridized carbons (Fsp3) is 0.0714. The average molecular weight is 405 g/mol. The van der Waals surface area contributed by atoms with Crippen molar-refractivity contribution >= 4 is 52.8 Å². The molecule has 0 saturated heterocycles. The van der Waals surface area contributed by atoms with Gasteiger partial charge in [-0.1, -0.05) is 29.3 Å². The van der Waals surface area contributed by atoms with Gasteiger partial charge in [-0.3, -0.25) is 0 Å². The van der Waals surface area contributed by atoms with Crippen molar-refractivity contribution in [2.45, 2.75) is 6.92 Å². The van der Waals surface area contributed by atoms with E-state index >= 15 is 0 Å². The van der Waals surface area contributed by atoms with Crippen molar-refractivity contribution in [1.29, 1.82) is 0 Å². The Labute approximate surface area is 138 Å². The highest BCUT2D eigenvalue weighted by molar-refractivity contribution is 14.0. The van der Waals surface area contributed by atoms with Crippen molar-refractivity contribution in [1.82, 2.24) is 9.38 Å². The Bertz CT molecular complexity index is 737. The van der Waals surface area contributed by atoms with Gasteiger partial charge in [-0.05, 0) is 37.3 Å². The maximum absolute atomic E-state index is 6.20. The van der Waals surface area contributed by atoms with Crippen LogP contribution < -0.4 is 0 Å². The van der Waals surface area contributed by atoms with Crippen LogP contribution in [0.15, 0.2) is 42.6 Å². The molecule has 0 saturated carbocycles. The van der Waals surface area contributed by atoms with Crippen molar-refractivity contribution in [2.75, 3.05) is 0 Å². The Morgan fingerprint density at radius 2 is 1.89 bits per heavy atom. The van der Waals surface area contributed by atoms with Gasteiger partial charge in [-0.25, -0.2) is 4.98 Å².